The minimum atomic E-state index is -0.391. The Labute approximate surface area is 139 Å². The maximum atomic E-state index is 11.9. The topological polar surface area (TPSA) is 83.1 Å². The van der Waals surface area contributed by atoms with Gasteiger partial charge in [-0.05, 0) is 24.5 Å². The molecular weight excluding hydrogens is 312 g/mol. The van der Waals surface area contributed by atoms with E-state index in [-0.39, 0.29) is 5.91 Å². The van der Waals surface area contributed by atoms with Gasteiger partial charge >= 0.3 is 6.03 Å². The number of hydrogen-bond acceptors (Lipinski definition) is 4. The molecule has 1 aromatic carbocycles. The van der Waals surface area contributed by atoms with E-state index < -0.39 is 6.03 Å². The molecule has 6 nitrogen and oxygen atoms in total. The lowest BCUT2D eigenvalue weighted by Crippen LogP contribution is -2.25. The summed E-state index contributed by atoms with van der Waals surface area (Å²) in [6.07, 6.45) is 0.917. The van der Waals surface area contributed by atoms with Crippen molar-refractivity contribution in [1.82, 2.24) is 10.3 Å². The highest BCUT2D eigenvalue weighted by atomic mass is 32.1. The first kappa shape index (κ1) is 17.0. The van der Waals surface area contributed by atoms with Crippen molar-refractivity contribution in [2.45, 2.75) is 20.3 Å². The smallest absolute Gasteiger partial charge is 0.325 e. The Morgan fingerprint density at radius 1 is 1.17 bits per heavy atom. The molecule has 7 heteroatoms. The molecule has 0 aliphatic carbocycles. The lowest BCUT2D eigenvalue weighted by molar-refractivity contribution is 0.0947. The van der Waals surface area contributed by atoms with Crippen LogP contribution < -0.4 is 16.0 Å². The fourth-order valence-corrected chi connectivity index (χ4v) is 2.47. The van der Waals surface area contributed by atoms with Crippen molar-refractivity contribution in [3.8, 4) is 0 Å². The average molecular weight is 332 g/mol. The number of thiazole rings is 1. The zero-order valence-corrected chi connectivity index (χ0v) is 13.9. The van der Waals surface area contributed by atoms with Gasteiger partial charge in [-0.3, -0.25) is 10.1 Å². The third-order valence-corrected chi connectivity index (χ3v) is 3.75. The van der Waals surface area contributed by atoms with E-state index in [0.29, 0.717) is 29.0 Å². The van der Waals surface area contributed by atoms with E-state index >= 15 is 0 Å². The van der Waals surface area contributed by atoms with E-state index in [1.54, 1.807) is 17.5 Å². The quantitative estimate of drug-likeness (QED) is 0.756. The third-order valence-electron chi connectivity index (χ3n) is 3.00. The Morgan fingerprint density at radius 2 is 1.91 bits per heavy atom. The number of aromatic nitrogens is 1. The summed E-state index contributed by atoms with van der Waals surface area (Å²) in [5, 5.41) is 10.1. The second kappa shape index (κ2) is 8.28. The standard InChI is InChI=1S/C16H20N4O2S/c1-11(2)8-9-17-14(21)13-10-23-16(19-13)20-15(22)18-12-6-4-3-5-7-12/h3-7,10-11H,8-9H2,1-2H3,(H,17,21)(H2,18,19,20,22). The molecule has 0 saturated carbocycles. The van der Waals surface area contributed by atoms with Crippen molar-refractivity contribution in [3.05, 3.63) is 41.4 Å². The van der Waals surface area contributed by atoms with Crippen LogP contribution in [-0.4, -0.2) is 23.5 Å². The SMILES string of the molecule is CC(C)CCNC(=O)c1csc(NC(=O)Nc2ccccc2)n1. The lowest BCUT2D eigenvalue weighted by Gasteiger charge is -2.05. The zero-order valence-electron chi connectivity index (χ0n) is 13.1. The summed E-state index contributed by atoms with van der Waals surface area (Å²) >= 11 is 1.21. The number of carbonyl (C=O) groups is 2. The van der Waals surface area contributed by atoms with Crippen LogP contribution in [0, 0.1) is 5.92 Å². The number of anilines is 2. The Kier molecular flexibility index (Phi) is 6.10. The van der Waals surface area contributed by atoms with E-state index in [9.17, 15) is 9.59 Å². The van der Waals surface area contributed by atoms with Crippen LogP contribution in [-0.2, 0) is 0 Å². The summed E-state index contributed by atoms with van der Waals surface area (Å²) in [6, 6.07) is 8.72. The summed E-state index contributed by atoms with van der Waals surface area (Å²) in [4.78, 5) is 27.9. The van der Waals surface area contributed by atoms with E-state index in [4.69, 9.17) is 0 Å². The summed E-state index contributed by atoms with van der Waals surface area (Å²) in [6.45, 7) is 4.82. The van der Waals surface area contributed by atoms with Crippen LogP contribution in [0.25, 0.3) is 0 Å². The summed E-state index contributed by atoms with van der Waals surface area (Å²) in [7, 11) is 0. The lowest BCUT2D eigenvalue weighted by atomic mass is 10.1. The molecule has 0 fully saturated rings. The molecule has 122 valence electrons. The predicted molar refractivity (Wildman–Crippen MR) is 93.0 cm³/mol. The minimum absolute atomic E-state index is 0.224. The molecule has 3 amide bonds. The normalized spacial score (nSPS) is 10.4. The van der Waals surface area contributed by atoms with Crippen molar-refractivity contribution in [1.29, 1.82) is 0 Å². The van der Waals surface area contributed by atoms with Gasteiger partial charge in [-0.2, -0.15) is 0 Å². The van der Waals surface area contributed by atoms with Gasteiger partial charge in [0.2, 0.25) is 0 Å². The van der Waals surface area contributed by atoms with Crippen molar-refractivity contribution in [3.63, 3.8) is 0 Å². The van der Waals surface area contributed by atoms with Crippen molar-refractivity contribution in [2.24, 2.45) is 5.92 Å². The maximum Gasteiger partial charge on any atom is 0.325 e. The first-order chi connectivity index (χ1) is 11.0. The monoisotopic (exact) mass is 332 g/mol. The number of rotatable bonds is 6. The molecule has 0 atom stereocenters. The van der Waals surface area contributed by atoms with Gasteiger partial charge in [-0.25, -0.2) is 9.78 Å². The molecule has 0 radical (unpaired) electrons. The number of nitrogens with zero attached hydrogens (tertiary/aromatic N) is 1. The van der Waals surface area contributed by atoms with Crippen molar-refractivity contribution in [2.75, 3.05) is 17.2 Å². The van der Waals surface area contributed by atoms with Crippen molar-refractivity contribution >= 4 is 34.1 Å². The molecule has 0 unspecified atom stereocenters. The van der Waals surface area contributed by atoms with E-state index in [0.717, 1.165) is 6.42 Å². The van der Waals surface area contributed by atoms with Gasteiger partial charge in [0, 0.05) is 17.6 Å². The molecule has 23 heavy (non-hydrogen) atoms. The number of para-hydroxylation sites is 1. The molecule has 0 aliphatic heterocycles. The van der Waals surface area contributed by atoms with Gasteiger partial charge in [0.25, 0.3) is 5.91 Å². The maximum absolute atomic E-state index is 11.9. The summed E-state index contributed by atoms with van der Waals surface area (Å²) in [5.41, 5.74) is 1.00. The fourth-order valence-electron chi connectivity index (χ4n) is 1.78. The van der Waals surface area contributed by atoms with Crippen LogP contribution in [0.3, 0.4) is 0 Å². The Hall–Kier alpha value is -2.41. The number of benzene rings is 1. The van der Waals surface area contributed by atoms with Gasteiger partial charge in [-0.15, -0.1) is 11.3 Å². The van der Waals surface area contributed by atoms with Crippen LogP contribution in [0.2, 0.25) is 0 Å². The second-order valence-corrected chi connectivity index (χ2v) is 6.28. The van der Waals surface area contributed by atoms with E-state index in [1.807, 2.05) is 18.2 Å². The third kappa shape index (κ3) is 5.71. The molecule has 1 aromatic heterocycles. The summed E-state index contributed by atoms with van der Waals surface area (Å²) in [5.74, 6) is 0.308. The minimum Gasteiger partial charge on any atom is -0.351 e. The molecular formula is C16H20N4O2S. The first-order valence-corrected chi connectivity index (χ1v) is 8.29. The van der Waals surface area contributed by atoms with Crippen LogP contribution in [0.4, 0.5) is 15.6 Å². The van der Waals surface area contributed by atoms with Crippen molar-refractivity contribution < 1.29 is 9.59 Å². The highest BCUT2D eigenvalue weighted by molar-refractivity contribution is 7.14. The Balaban J connectivity index is 1.84. The fraction of sp³-hybridized carbons (Fsp3) is 0.312. The van der Waals surface area contributed by atoms with E-state index in [1.165, 1.54) is 11.3 Å². The number of amides is 3. The van der Waals surface area contributed by atoms with Crippen LogP contribution >= 0.6 is 11.3 Å². The first-order valence-electron chi connectivity index (χ1n) is 7.41. The number of nitrogens with one attached hydrogen (secondary N) is 3. The Bertz CT molecular complexity index is 655. The second-order valence-electron chi connectivity index (χ2n) is 5.42. The molecule has 0 saturated heterocycles. The zero-order chi connectivity index (χ0) is 16.7. The number of urea groups is 1. The Morgan fingerprint density at radius 3 is 2.61 bits per heavy atom. The van der Waals surface area contributed by atoms with Gasteiger partial charge in [0.15, 0.2) is 5.13 Å². The number of hydrogen-bond donors (Lipinski definition) is 3. The predicted octanol–water partition coefficient (Wildman–Crippen LogP) is 3.56. The highest BCUT2D eigenvalue weighted by Gasteiger charge is 2.12. The molecule has 0 bridgehead atoms. The van der Waals surface area contributed by atoms with Gasteiger partial charge < -0.3 is 10.6 Å². The molecule has 0 spiro atoms. The van der Waals surface area contributed by atoms with Gasteiger partial charge in [0.1, 0.15) is 5.69 Å². The van der Waals surface area contributed by atoms with Crippen LogP contribution in [0.15, 0.2) is 35.7 Å². The summed E-state index contributed by atoms with van der Waals surface area (Å²) < 4.78 is 0. The van der Waals surface area contributed by atoms with Crippen LogP contribution in [0.5, 0.6) is 0 Å². The van der Waals surface area contributed by atoms with Gasteiger partial charge in [0.05, 0.1) is 0 Å². The van der Waals surface area contributed by atoms with Gasteiger partial charge in [-0.1, -0.05) is 32.0 Å². The highest BCUT2D eigenvalue weighted by Crippen LogP contribution is 2.16. The average Bonchev–Trinajstić information content (AvgIpc) is 2.96. The largest absolute Gasteiger partial charge is 0.351 e. The molecule has 2 rings (SSSR count). The van der Waals surface area contributed by atoms with E-state index in [2.05, 4.69) is 34.8 Å². The molecule has 2 aromatic rings. The number of carbonyl (C=O) groups excluding carboxylic acids is 2. The molecule has 3 N–H and O–H groups in total. The van der Waals surface area contributed by atoms with Crippen LogP contribution in [0.1, 0.15) is 30.8 Å². The molecule has 1 heterocycles. The molecule has 0 aliphatic rings.